The molecule has 5 heteroatoms. The minimum atomic E-state index is -0.769. The minimum Gasteiger partial charge on any atom is -0.206 e. The fourth-order valence-corrected chi connectivity index (χ4v) is 2.70. The van der Waals surface area contributed by atoms with Crippen molar-refractivity contribution < 1.29 is 8.78 Å². The normalized spacial score (nSPS) is 12.5. The van der Waals surface area contributed by atoms with Crippen LogP contribution < -0.4 is 0 Å². The van der Waals surface area contributed by atoms with E-state index in [1.165, 1.54) is 12.1 Å². The lowest BCUT2D eigenvalue weighted by atomic mass is 10.0. The van der Waals surface area contributed by atoms with E-state index in [0.29, 0.717) is 15.9 Å². The molecule has 2 aromatic rings. The summed E-state index contributed by atoms with van der Waals surface area (Å²) in [7, 11) is 0. The highest BCUT2D eigenvalue weighted by Gasteiger charge is 2.19. The molecule has 0 N–H and O–H groups in total. The summed E-state index contributed by atoms with van der Waals surface area (Å²) in [5.41, 5.74) is 0.755. The molecular formula is C14H9BrCl2F2. The Hall–Kier alpha value is -0.640. The van der Waals surface area contributed by atoms with Crippen molar-refractivity contribution in [2.45, 2.75) is 11.8 Å². The summed E-state index contributed by atoms with van der Waals surface area (Å²) in [6.07, 6.45) is 0.328. The van der Waals surface area contributed by atoms with Gasteiger partial charge in [0.1, 0.15) is 11.6 Å². The van der Waals surface area contributed by atoms with Crippen LogP contribution in [0.1, 0.15) is 16.5 Å². The molecule has 0 aromatic heterocycles. The topological polar surface area (TPSA) is 0 Å². The van der Waals surface area contributed by atoms with E-state index in [1.54, 1.807) is 24.3 Å². The van der Waals surface area contributed by atoms with Crippen molar-refractivity contribution in [3.8, 4) is 0 Å². The summed E-state index contributed by atoms with van der Waals surface area (Å²) < 4.78 is 27.9. The fourth-order valence-electron chi connectivity index (χ4n) is 1.78. The lowest BCUT2D eigenvalue weighted by Crippen LogP contribution is -2.02. The van der Waals surface area contributed by atoms with E-state index >= 15 is 0 Å². The second-order valence-corrected chi connectivity index (χ2v) is 5.96. The van der Waals surface area contributed by atoms with Crippen LogP contribution >= 0.6 is 39.1 Å². The number of alkyl halides is 1. The van der Waals surface area contributed by atoms with Gasteiger partial charge in [-0.25, -0.2) is 8.78 Å². The zero-order valence-corrected chi connectivity index (χ0v) is 12.7. The maximum absolute atomic E-state index is 13.8. The van der Waals surface area contributed by atoms with Crippen molar-refractivity contribution in [3.63, 3.8) is 0 Å². The molecular weight excluding hydrogens is 357 g/mol. The Morgan fingerprint density at radius 2 is 1.58 bits per heavy atom. The van der Waals surface area contributed by atoms with Crippen LogP contribution in [0.25, 0.3) is 0 Å². The summed E-state index contributed by atoms with van der Waals surface area (Å²) in [6, 6.07) is 9.41. The molecule has 2 aromatic carbocycles. The quantitative estimate of drug-likeness (QED) is 0.593. The van der Waals surface area contributed by atoms with Gasteiger partial charge in [0.15, 0.2) is 0 Å². The van der Waals surface area contributed by atoms with Crippen LogP contribution in [0.5, 0.6) is 0 Å². The highest BCUT2D eigenvalue weighted by atomic mass is 79.9. The predicted molar refractivity (Wildman–Crippen MR) is 77.8 cm³/mol. The maximum atomic E-state index is 13.8. The Labute approximate surface area is 128 Å². The van der Waals surface area contributed by atoms with E-state index in [-0.39, 0.29) is 5.56 Å². The van der Waals surface area contributed by atoms with Crippen molar-refractivity contribution in [2.75, 3.05) is 0 Å². The van der Waals surface area contributed by atoms with Crippen LogP contribution in [0.4, 0.5) is 8.78 Å². The Bertz CT molecular complexity index is 561. The molecule has 0 aliphatic carbocycles. The molecule has 0 spiro atoms. The standard InChI is InChI=1S/C14H9BrCl2F2/c15-9-6-12(18)14(13(19)7-9)11(17)5-8-1-3-10(16)4-2-8/h1-4,6-7,11H,5H2. The average Bonchev–Trinajstić information content (AvgIpc) is 2.30. The molecule has 19 heavy (non-hydrogen) atoms. The number of halogens is 5. The highest BCUT2D eigenvalue weighted by molar-refractivity contribution is 9.10. The molecule has 0 saturated carbocycles. The molecule has 0 aliphatic rings. The van der Waals surface area contributed by atoms with E-state index < -0.39 is 17.0 Å². The monoisotopic (exact) mass is 364 g/mol. The molecule has 100 valence electrons. The first-order valence-electron chi connectivity index (χ1n) is 5.50. The van der Waals surface area contributed by atoms with Gasteiger partial charge in [-0.05, 0) is 36.2 Å². The average molecular weight is 366 g/mol. The molecule has 1 atom stereocenters. The van der Waals surface area contributed by atoms with E-state index in [9.17, 15) is 8.78 Å². The van der Waals surface area contributed by atoms with Crippen molar-refractivity contribution in [1.29, 1.82) is 0 Å². The summed E-state index contributed by atoms with van der Waals surface area (Å²) >= 11 is 14.9. The smallest absolute Gasteiger partial charge is 0.131 e. The van der Waals surface area contributed by atoms with Crippen molar-refractivity contribution in [2.24, 2.45) is 0 Å². The zero-order chi connectivity index (χ0) is 14.0. The Balaban J connectivity index is 2.25. The molecule has 0 heterocycles. The van der Waals surface area contributed by atoms with Crippen LogP contribution in [0.15, 0.2) is 40.9 Å². The third-order valence-corrected chi connectivity index (χ3v) is 3.77. The van der Waals surface area contributed by atoms with Gasteiger partial charge < -0.3 is 0 Å². The van der Waals surface area contributed by atoms with Crippen LogP contribution in [0.3, 0.4) is 0 Å². The summed E-state index contributed by atoms with van der Waals surface area (Å²) in [5.74, 6) is -1.30. The third-order valence-electron chi connectivity index (χ3n) is 2.69. The van der Waals surface area contributed by atoms with Gasteiger partial charge in [-0.15, -0.1) is 11.6 Å². The van der Waals surface area contributed by atoms with Gasteiger partial charge in [0.25, 0.3) is 0 Å². The number of hydrogen-bond acceptors (Lipinski definition) is 0. The number of hydrogen-bond donors (Lipinski definition) is 0. The van der Waals surface area contributed by atoms with Gasteiger partial charge in [0.2, 0.25) is 0 Å². The predicted octanol–water partition coefficient (Wildman–Crippen LogP) is 5.90. The SMILES string of the molecule is Fc1cc(Br)cc(F)c1C(Cl)Cc1ccc(Cl)cc1. The van der Waals surface area contributed by atoms with Gasteiger partial charge in [-0.2, -0.15) is 0 Å². The minimum absolute atomic E-state index is 0.111. The second-order valence-electron chi connectivity index (χ2n) is 4.08. The molecule has 0 amide bonds. The highest BCUT2D eigenvalue weighted by Crippen LogP contribution is 2.31. The Kier molecular flexibility index (Phi) is 4.82. The lowest BCUT2D eigenvalue weighted by molar-refractivity contribution is 0.549. The molecule has 0 aliphatic heterocycles. The first-order chi connectivity index (χ1) is 8.97. The van der Waals surface area contributed by atoms with Gasteiger partial charge in [0, 0.05) is 15.1 Å². The van der Waals surface area contributed by atoms with Crippen molar-refractivity contribution in [3.05, 3.63) is 68.7 Å². The second kappa shape index (κ2) is 6.21. The van der Waals surface area contributed by atoms with E-state index in [0.717, 1.165) is 5.56 Å². The van der Waals surface area contributed by atoms with E-state index in [4.69, 9.17) is 23.2 Å². The first kappa shape index (κ1) is 14.8. The van der Waals surface area contributed by atoms with Gasteiger partial charge in [-0.3, -0.25) is 0 Å². The molecule has 2 rings (SSSR count). The molecule has 1 unspecified atom stereocenters. The molecule has 0 nitrogen and oxygen atoms in total. The number of rotatable bonds is 3. The lowest BCUT2D eigenvalue weighted by Gasteiger charge is -2.12. The van der Waals surface area contributed by atoms with Crippen LogP contribution in [-0.4, -0.2) is 0 Å². The van der Waals surface area contributed by atoms with Gasteiger partial charge in [-0.1, -0.05) is 39.7 Å². The molecule has 0 fully saturated rings. The Morgan fingerprint density at radius 3 is 2.11 bits per heavy atom. The van der Waals surface area contributed by atoms with Gasteiger partial charge in [0.05, 0.1) is 5.38 Å². The largest absolute Gasteiger partial charge is 0.206 e. The van der Waals surface area contributed by atoms with E-state index in [1.807, 2.05) is 0 Å². The summed E-state index contributed by atoms with van der Waals surface area (Å²) in [6.45, 7) is 0. The summed E-state index contributed by atoms with van der Waals surface area (Å²) in [4.78, 5) is 0. The fraction of sp³-hybridized carbons (Fsp3) is 0.143. The number of benzene rings is 2. The van der Waals surface area contributed by atoms with Crippen LogP contribution in [-0.2, 0) is 6.42 Å². The van der Waals surface area contributed by atoms with Crippen LogP contribution in [0, 0.1) is 11.6 Å². The van der Waals surface area contributed by atoms with Crippen LogP contribution in [0.2, 0.25) is 5.02 Å². The van der Waals surface area contributed by atoms with Crippen molar-refractivity contribution in [1.82, 2.24) is 0 Å². The summed E-state index contributed by atoms with van der Waals surface area (Å²) in [5, 5.41) is -0.162. The van der Waals surface area contributed by atoms with Crippen molar-refractivity contribution >= 4 is 39.1 Å². The molecule has 0 saturated heterocycles. The van der Waals surface area contributed by atoms with Gasteiger partial charge >= 0.3 is 0 Å². The molecule has 0 bridgehead atoms. The maximum Gasteiger partial charge on any atom is 0.131 e. The first-order valence-corrected chi connectivity index (χ1v) is 7.11. The molecule has 0 radical (unpaired) electrons. The van der Waals surface area contributed by atoms with E-state index in [2.05, 4.69) is 15.9 Å². The Morgan fingerprint density at radius 1 is 1.05 bits per heavy atom. The third kappa shape index (κ3) is 3.68. The zero-order valence-electron chi connectivity index (χ0n) is 9.64.